The molecule has 0 aliphatic rings. The molecule has 8 heteroatoms. The zero-order valence-electron chi connectivity index (χ0n) is 14.9. The fraction of sp³-hybridized carbons (Fsp3) is 0.158. The minimum absolute atomic E-state index is 0.739. The van der Waals surface area contributed by atoms with Gasteiger partial charge in [0.05, 0.1) is 12.8 Å². The zero-order chi connectivity index (χ0) is 18.6. The molecule has 0 aliphatic carbocycles. The van der Waals surface area contributed by atoms with Gasteiger partial charge in [-0.2, -0.15) is 0 Å². The Balaban J connectivity index is 1.47. The molecule has 0 amide bonds. The first-order valence-corrected chi connectivity index (χ1v) is 10.1. The van der Waals surface area contributed by atoms with Crippen molar-refractivity contribution in [3.05, 3.63) is 59.9 Å². The second-order valence-electron chi connectivity index (χ2n) is 5.77. The van der Waals surface area contributed by atoms with Crippen LogP contribution in [-0.2, 0) is 12.8 Å². The number of thiazole rings is 1. The lowest BCUT2D eigenvalue weighted by atomic mass is 10.2. The van der Waals surface area contributed by atoms with E-state index < -0.39 is 0 Å². The zero-order valence-corrected chi connectivity index (χ0v) is 16.5. The van der Waals surface area contributed by atoms with E-state index in [0.29, 0.717) is 0 Å². The molecule has 0 bridgehead atoms. The van der Waals surface area contributed by atoms with Crippen molar-refractivity contribution in [1.82, 2.24) is 24.7 Å². The van der Waals surface area contributed by atoms with Crippen LogP contribution in [0.1, 0.15) is 5.69 Å². The molecule has 0 radical (unpaired) electrons. The SMILES string of the molecule is COc1cccc(-c2nc(CSc3nnc(-c4ccncc4)n3C)cs2)c1. The van der Waals surface area contributed by atoms with Crippen LogP contribution in [0.15, 0.2) is 59.3 Å². The standard InChI is InChI=1S/C19H17N5OS2/c1-24-17(13-6-8-20-9-7-13)22-23-19(24)27-12-15-11-26-18(21-15)14-4-3-5-16(10-14)25-2/h3-11H,12H2,1-2H3. The summed E-state index contributed by atoms with van der Waals surface area (Å²) < 4.78 is 7.29. The van der Waals surface area contributed by atoms with Gasteiger partial charge in [0, 0.05) is 41.7 Å². The summed E-state index contributed by atoms with van der Waals surface area (Å²) in [7, 11) is 3.64. The predicted octanol–water partition coefficient (Wildman–Crippen LogP) is 4.30. The smallest absolute Gasteiger partial charge is 0.191 e. The highest BCUT2D eigenvalue weighted by atomic mass is 32.2. The van der Waals surface area contributed by atoms with Gasteiger partial charge in [-0.05, 0) is 24.3 Å². The average molecular weight is 396 g/mol. The molecule has 0 aliphatic heterocycles. The van der Waals surface area contributed by atoms with Crippen LogP contribution in [0, 0.1) is 0 Å². The molecule has 3 aromatic heterocycles. The summed E-state index contributed by atoms with van der Waals surface area (Å²) in [5.74, 6) is 2.40. The molecule has 0 spiro atoms. The fourth-order valence-electron chi connectivity index (χ4n) is 2.59. The van der Waals surface area contributed by atoms with Crippen LogP contribution in [0.5, 0.6) is 5.75 Å². The van der Waals surface area contributed by atoms with Crippen molar-refractivity contribution in [2.45, 2.75) is 10.9 Å². The van der Waals surface area contributed by atoms with Gasteiger partial charge in [0.2, 0.25) is 0 Å². The maximum absolute atomic E-state index is 5.29. The summed E-state index contributed by atoms with van der Waals surface area (Å²) in [6.07, 6.45) is 3.51. The van der Waals surface area contributed by atoms with Crippen molar-refractivity contribution in [3.63, 3.8) is 0 Å². The van der Waals surface area contributed by atoms with E-state index in [0.717, 1.165) is 44.3 Å². The molecule has 0 atom stereocenters. The molecular formula is C19H17N5OS2. The van der Waals surface area contributed by atoms with Crippen molar-refractivity contribution < 1.29 is 4.74 Å². The highest BCUT2D eigenvalue weighted by Crippen LogP contribution is 2.30. The van der Waals surface area contributed by atoms with Gasteiger partial charge in [0.25, 0.3) is 0 Å². The summed E-state index contributed by atoms with van der Waals surface area (Å²) in [5.41, 5.74) is 3.09. The second kappa shape index (κ2) is 7.89. The maximum atomic E-state index is 5.29. The predicted molar refractivity (Wildman–Crippen MR) is 108 cm³/mol. The van der Waals surface area contributed by atoms with Gasteiger partial charge in [0.1, 0.15) is 10.8 Å². The Morgan fingerprint density at radius 3 is 2.78 bits per heavy atom. The summed E-state index contributed by atoms with van der Waals surface area (Å²) >= 11 is 3.26. The number of rotatable bonds is 6. The molecule has 4 rings (SSSR count). The number of nitrogens with zero attached hydrogens (tertiary/aromatic N) is 5. The molecule has 0 N–H and O–H groups in total. The Bertz CT molecular complexity index is 1050. The van der Waals surface area contributed by atoms with E-state index in [9.17, 15) is 0 Å². The third kappa shape index (κ3) is 3.86. The number of aromatic nitrogens is 5. The normalized spacial score (nSPS) is 10.9. The van der Waals surface area contributed by atoms with Gasteiger partial charge in [-0.25, -0.2) is 4.98 Å². The van der Waals surface area contributed by atoms with Gasteiger partial charge >= 0.3 is 0 Å². The van der Waals surface area contributed by atoms with E-state index >= 15 is 0 Å². The summed E-state index contributed by atoms with van der Waals surface area (Å²) in [5, 5.41) is 12.5. The Morgan fingerprint density at radius 1 is 1.11 bits per heavy atom. The number of ether oxygens (including phenoxy) is 1. The van der Waals surface area contributed by atoms with Crippen molar-refractivity contribution in [3.8, 4) is 27.7 Å². The number of methoxy groups -OCH3 is 1. The number of hydrogen-bond donors (Lipinski definition) is 0. The van der Waals surface area contributed by atoms with E-state index in [-0.39, 0.29) is 0 Å². The van der Waals surface area contributed by atoms with Gasteiger partial charge < -0.3 is 9.30 Å². The number of pyridine rings is 1. The Morgan fingerprint density at radius 2 is 1.96 bits per heavy atom. The molecule has 3 heterocycles. The van der Waals surface area contributed by atoms with Crippen LogP contribution in [0.3, 0.4) is 0 Å². The van der Waals surface area contributed by atoms with E-state index in [2.05, 4.69) is 20.6 Å². The fourth-order valence-corrected chi connectivity index (χ4v) is 4.32. The molecule has 0 unspecified atom stereocenters. The summed E-state index contributed by atoms with van der Waals surface area (Å²) in [6, 6.07) is 11.8. The highest BCUT2D eigenvalue weighted by Gasteiger charge is 2.12. The van der Waals surface area contributed by atoms with Crippen LogP contribution in [-0.4, -0.2) is 31.8 Å². The number of hydrogen-bond acceptors (Lipinski definition) is 7. The molecule has 27 heavy (non-hydrogen) atoms. The van der Waals surface area contributed by atoms with Crippen LogP contribution in [0.25, 0.3) is 22.0 Å². The van der Waals surface area contributed by atoms with Crippen molar-refractivity contribution in [1.29, 1.82) is 0 Å². The Kier molecular flexibility index (Phi) is 5.17. The van der Waals surface area contributed by atoms with Crippen molar-refractivity contribution in [2.24, 2.45) is 7.05 Å². The number of benzene rings is 1. The lowest BCUT2D eigenvalue weighted by Gasteiger charge is -2.03. The second-order valence-corrected chi connectivity index (χ2v) is 7.57. The van der Waals surface area contributed by atoms with Crippen LogP contribution >= 0.6 is 23.1 Å². The molecule has 6 nitrogen and oxygen atoms in total. The van der Waals surface area contributed by atoms with Gasteiger partial charge in [-0.15, -0.1) is 21.5 Å². The Labute approximate surface area is 165 Å². The lowest BCUT2D eigenvalue weighted by molar-refractivity contribution is 0.415. The average Bonchev–Trinajstić information content (AvgIpc) is 3.34. The first-order valence-electron chi connectivity index (χ1n) is 8.26. The lowest BCUT2D eigenvalue weighted by Crippen LogP contribution is -1.95. The van der Waals surface area contributed by atoms with Gasteiger partial charge in [-0.1, -0.05) is 23.9 Å². The maximum Gasteiger partial charge on any atom is 0.191 e. The third-order valence-electron chi connectivity index (χ3n) is 3.99. The van der Waals surface area contributed by atoms with Crippen LogP contribution in [0.4, 0.5) is 0 Å². The quantitative estimate of drug-likeness (QED) is 0.454. The van der Waals surface area contributed by atoms with Crippen molar-refractivity contribution in [2.75, 3.05) is 7.11 Å². The summed E-state index contributed by atoms with van der Waals surface area (Å²) in [4.78, 5) is 8.79. The van der Waals surface area contributed by atoms with Crippen molar-refractivity contribution >= 4 is 23.1 Å². The van der Waals surface area contributed by atoms with Crippen LogP contribution in [0.2, 0.25) is 0 Å². The van der Waals surface area contributed by atoms with Gasteiger partial charge in [-0.3, -0.25) is 4.98 Å². The van der Waals surface area contributed by atoms with E-state index in [1.54, 1.807) is 42.6 Å². The van der Waals surface area contributed by atoms with Crippen LogP contribution < -0.4 is 4.74 Å². The van der Waals surface area contributed by atoms with E-state index in [4.69, 9.17) is 9.72 Å². The Hall–Kier alpha value is -2.71. The molecule has 0 saturated carbocycles. The highest BCUT2D eigenvalue weighted by molar-refractivity contribution is 7.98. The minimum Gasteiger partial charge on any atom is -0.497 e. The first kappa shape index (κ1) is 17.7. The van der Waals surface area contributed by atoms with Gasteiger partial charge in [0.15, 0.2) is 11.0 Å². The molecule has 4 aromatic rings. The minimum atomic E-state index is 0.739. The molecule has 0 saturated heterocycles. The molecule has 136 valence electrons. The van der Waals surface area contributed by atoms with E-state index in [1.807, 2.05) is 48.0 Å². The summed E-state index contributed by atoms with van der Waals surface area (Å²) in [6.45, 7) is 0. The molecule has 0 fully saturated rings. The largest absolute Gasteiger partial charge is 0.497 e. The third-order valence-corrected chi connectivity index (χ3v) is 5.98. The monoisotopic (exact) mass is 395 g/mol. The molecular weight excluding hydrogens is 378 g/mol. The topological polar surface area (TPSA) is 65.7 Å². The number of thioether (sulfide) groups is 1. The first-order chi connectivity index (χ1) is 13.2. The molecule has 1 aromatic carbocycles. The van der Waals surface area contributed by atoms with E-state index in [1.165, 1.54) is 0 Å².